The van der Waals surface area contributed by atoms with Gasteiger partial charge < -0.3 is 9.64 Å². The molecule has 4 rings (SSSR count). The average molecular weight is 423 g/mol. The summed E-state index contributed by atoms with van der Waals surface area (Å²) in [4.78, 5) is 30.0. The molecule has 0 aliphatic carbocycles. The Morgan fingerprint density at radius 2 is 1.74 bits per heavy atom. The summed E-state index contributed by atoms with van der Waals surface area (Å²) in [5.74, 6) is -0.00429. The summed E-state index contributed by atoms with van der Waals surface area (Å²) in [6.45, 7) is 6.28. The number of benzene rings is 2. The number of ether oxygens (including phenoxy) is 1. The molecule has 2 aromatic rings. The Hall–Kier alpha value is -3.15. The molecule has 0 bridgehead atoms. The minimum atomic E-state index is -0.489. The molecule has 2 aliphatic heterocycles. The van der Waals surface area contributed by atoms with Gasteiger partial charge in [-0.1, -0.05) is 32.0 Å². The molecule has 0 N–H and O–H groups in total. The van der Waals surface area contributed by atoms with Crippen LogP contribution in [0.25, 0.3) is 5.57 Å². The number of likely N-dealkylation sites (tertiary alicyclic amines) is 1. The normalized spacial score (nSPS) is 17.6. The topological polar surface area (TPSA) is 49.9 Å². The Kier molecular flexibility index (Phi) is 6.07. The lowest BCUT2D eigenvalue weighted by Gasteiger charge is -2.32. The number of carbonyl (C=O) groups is 2. The predicted octanol–water partition coefficient (Wildman–Crippen LogP) is 4.63. The van der Waals surface area contributed by atoms with Crippen LogP contribution in [0.15, 0.2) is 54.2 Å². The zero-order valence-electron chi connectivity index (χ0n) is 17.9. The first-order valence-electron chi connectivity index (χ1n) is 10.9. The van der Waals surface area contributed by atoms with E-state index in [4.69, 9.17) is 4.74 Å². The van der Waals surface area contributed by atoms with Gasteiger partial charge in [-0.3, -0.25) is 9.59 Å². The lowest BCUT2D eigenvalue weighted by Crippen LogP contribution is -2.38. The number of imide groups is 1. The molecule has 6 heteroatoms. The first-order chi connectivity index (χ1) is 15.0. The van der Waals surface area contributed by atoms with E-state index in [0.29, 0.717) is 42.4 Å². The molecule has 1 fully saturated rings. The zero-order valence-corrected chi connectivity index (χ0v) is 17.9. The van der Waals surface area contributed by atoms with Crippen molar-refractivity contribution in [3.63, 3.8) is 0 Å². The SMILES string of the molecule is CCCOc1ccc(C2=C(N3CCC(C)CC3)C(=O)N(c3cccc(F)c3)C2=O)cc1. The van der Waals surface area contributed by atoms with Gasteiger partial charge in [0.1, 0.15) is 17.3 Å². The van der Waals surface area contributed by atoms with Crippen LogP contribution in [-0.2, 0) is 9.59 Å². The Labute approximate surface area is 182 Å². The van der Waals surface area contributed by atoms with Crippen LogP contribution in [0.4, 0.5) is 10.1 Å². The van der Waals surface area contributed by atoms with Gasteiger partial charge >= 0.3 is 0 Å². The predicted molar refractivity (Wildman–Crippen MR) is 118 cm³/mol. The maximum atomic E-state index is 13.8. The second-order valence-corrected chi connectivity index (χ2v) is 8.19. The molecule has 0 aromatic heterocycles. The molecular weight excluding hydrogens is 395 g/mol. The highest BCUT2D eigenvalue weighted by atomic mass is 19.1. The molecule has 0 radical (unpaired) electrons. The van der Waals surface area contributed by atoms with Gasteiger partial charge in [0, 0.05) is 13.1 Å². The van der Waals surface area contributed by atoms with E-state index in [9.17, 15) is 14.0 Å². The van der Waals surface area contributed by atoms with Gasteiger partial charge in [0.25, 0.3) is 11.8 Å². The summed E-state index contributed by atoms with van der Waals surface area (Å²) in [5.41, 5.74) is 1.68. The number of piperidine rings is 1. The van der Waals surface area contributed by atoms with Gasteiger partial charge in [0.15, 0.2) is 0 Å². The van der Waals surface area contributed by atoms with Crippen molar-refractivity contribution in [3.8, 4) is 5.75 Å². The Bertz CT molecular complexity index is 1010. The fraction of sp³-hybridized carbons (Fsp3) is 0.360. The highest BCUT2D eigenvalue weighted by Crippen LogP contribution is 2.37. The second kappa shape index (κ2) is 8.92. The zero-order chi connectivity index (χ0) is 22.0. The lowest BCUT2D eigenvalue weighted by molar-refractivity contribution is -0.120. The van der Waals surface area contributed by atoms with Gasteiger partial charge in [-0.05, 0) is 61.1 Å². The Morgan fingerprint density at radius 1 is 1.03 bits per heavy atom. The molecule has 0 atom stereocenters. The first-order valence-corrected chi connectivity index (χ1v) is 10.9. The number of nitrogens with zero attached hydrogens (tertiary/aromatic N) is 2. The van der Waals surface area contributed by atoms with Crippen molar-refractivity contribution in [2.75, 3.05) is 24.6 Å². The molecule has 0 unspecified atom stereocenters. The third kappa shape index (κ3) is 4.20. The van der Waals surface area contributed by atoms with E-state index >= 15 is 0 Å². The molecule has 2 amide bonds. The van der Waals surface area contributed by atoms with Gasteiger partial charge in [-0.25, -0.2) is 9.29 Å². The van der Waals surface area contributed by atoms with Crippen LogP contribution >= 0.6 is 0 Å². The van der Waals surface area contributed by atoms with Crippen LogP contribution < -0.4 is 9.64 Å². The maximum Gasteiger partial charge on any atom is 0.282 e. The largest absolute Gasteiger partial charge is 0.494 e. The van der Waals surface area contributed by atoms with E-state index in [0.717, 1.165) is 29.9 Å². The third-order valence-electron chi connectivity index (χ3n) is 5.84. The molecule has 5 nitrogen and oxygen atoms in total. The summed E-state index contributed by atoms with van der Waals surface area (Å²) in [7, 11) is 0. The fourth-order valence-corrected chi connectivity index (χ4v) is 4.09. The molecule has 2 heterocycles. The minimum Gasteiger partial charge on any atom is -0.494 e. The van der Waals surface area contributed by atoms with Crippen LogP contribution in [0.5, 0.6) is 5.75 Å². The molecule has 1 saturated heterocycles. The summed E-state index contributed by atoms with van der Waals surface area (Å²) >= 11 is 0. The lowest BCUT2D eigenvalue weighted by atomic mass is 9.97. The van der Waals surface area contributed by atoms with Crippen LogP contribution in [-0.4, -0.2) is 36.4 Å². The minimum absolute atomic E-state index is 0.246. The van der Waals surface area contributed by atoms with Gasteiger partial charge in [0.2, 0.25) is 0 Å². The van der Waals surface area contributed by atoms with Crippen molar-refractivity contribution in [1.29, 1.82) is 0 Å². The van der Waals surface area contributed by atoms with Crippen molar-refractivity contribution >= 4 is 23.1 Å². The average Bonchev–Trinajstić information content (AvgIpc) is 3.03. The smallest absolute Gasteiger partial charge is 0.282 e. The number of anilines is 1. The summed E-state index contributed by atoms with van der Waals surface area (Å²) in [5, 5.41) is 0. The number of halogens is 1. The van der Waals surface area contributed by atoms with Crippen molar-refractivity contribution in [2.45, 2.75) is 33.1 Å². The van der Waals surface area contributed by atoms with Gasteiger partial charge in [-0.2, -0.15) is 0 Å². The van der Waals surface area contributed by atoms with Crippen molar-refractivity contribution in [1.82, 2.24) is 4.90 Å². The molecule has 2 aromatic carbocycles. The van der Waals surface area contributed by atoms with E-state index in [1.807, 2.05) is 36.1 Å². The van der Waals surface area contributed by atoms with Crippen LogP contribution in [0, 0.1) is 11.7 Å². The Morgan fingerprint density at radius 3 is 2.39 bits per heavy atom. The maximum absolute atomic E-state index is 13.8. The molecule has 0 spiro atoms. The van der Waals surface area contributed by atoms with E-state index in [2.05, 4.69) is 6.92 Å². The number of hydrogen-bond donors (Lipinski definition) is 0. The summed E-state index contributed by atoms with van der Waals surface area (Å²) in [6.07, 6.45) is 2.82. The van der Waals surface area contributed by atoms with E-state index in [1.54, 1.807) is 6.07 Å². The molecule has 31 heavy (non-hydrogen) atoms. The van der Waals surface area contributed by atoms with Crippen molar-refractivity contribution in [2.24, 2.45) is 5.92 Å². The fourth-order valence-electron chi connectivity index (χ4n) is 4.09. The summed E-state index contributed by atoms with van der Waals surface area (Å²) < 4.78 is 19.5. The highest BCUT2D eigenvalue weighted by Gasteiger charge is 2.43. The van der Waals surface area contributed by atoms with Crippen LogP contribution in [0.1, 0.15) is 38.7 Å². The van der Waals surface area contributed by atoms with E-state index < -0.39 is 17.6 Å². The number of amides is 2. The Balaban J connectivity index is 1.74. The van der Waals surface area contributed by atoms with E-state index in [1.165, 1.54) is 18.2 Å². The molecule has 162 valence electrons. The molecule has 2 aliphatic rings. The van der Waals surface area contributed by atoms with Gasteiger partial charge in [0.05, 0.1) is 17.9 Å². The van der Waals surface area contributed by atoms with Crippen LogP contribution in [0.2, 0.25) is 0 Å². The summed E-state index contributed by atoms with van der Waals surface area (Å²) in [6, 6.07) is 12.9. The quantitative estimate of drug-likeness (QED) is 0.637. The van der Waals surface area contributed by atoms with E-state index in [-0.39, 0.29) is 5.69 Å². The number of rotatable bonds is 6. The number of carbonyl (C=O) groups excluding carboxylic acids is 2. The highest BCUT2D eigenvalue weighted by molar-refractivity contribution is 6.45. The monoisotopic (exact) mass is 422 g/mol. The first kappa shape index (κ1) is 21.1. The molecule has 0 saturated carbocycles. The standard InChI is InChI=1S/C25H27FN2O3/c1-3-15-31-21-9-7-18(8-10-21)22-23(27-13-11-17(2)12-14-27)25(30)28(24(22)29)20-6-4-5-19(26)16-20/h4-10,16-17H,3,11-15H2,1-2H3. The number of hydrogen-bond acceptors (Lipinski definition) is 4. The van der Waals surface area contributed by atoms with Crippen molar-refractivity contribution in [3.05, 3.63) is 65.6 Å². The molecular formula is C25H27FN2O3. The van der Waals surface area contributed by atoms with Gasteiger partial charge in [-0.15, -0.1) is 0 Å². The van der Waals surface area contributed by atoms with Crippen molar-refractivity contribution < 1.29 is 18.7 Å². The third-order valence-corrected chi connectivity index (χ3v) is 5.84. The second-order valence-electron chi connectivity index (χ2n) is 8.19. The van der Waals surface area contributed by atoms with Crippen LogP contribution in [0.3, 0.4) is 0 Å².